The van der Waals surface area contributed by atoms with Crippen molar-refractivity contribution in [2.45, 2.75) is 70.8 Å². The molecular formula is C20H30N4O3. The number of hydrogen-bond donors (Lipinski definition) is 0. The number of aryl methyl sites for hydroxylation is 1. The van der Waals surface area contributed by atoms with E-state index in [0.29, 0.717) is 37.2 Å². The molecule has 27 heavy (non-hydrogen) atoms. The van der Waals surface area contributed by atoms with E-state index in [2.05, 4.69) is 10.1 Å². The zero-order valence-electron chi connectivity index (χ0n) is 16.2. The lowest BCUT2D eigenvalue weighted by Crippen LogP contribution is -2.51. The maximum atomic E-state index is 13.0. The van der Waals surface area contributed by atoms with Gasteiger partial charge in [0.15, 0.2) is 5.82 Å². The lowest BCUT2D eigenvalue weighted by molar-refractivity contribution is -0.145. The van der Waals surface area contributed by atoms with E-state index in [9.17, 15) is 9.59 Å². The fraction of sp³-hybridized carbons (Fsp3) is 0.800. The third kappa shape index (κ3) is 4.17. The summed E-state index contributed by atoms with van der Waals surface area (Å²) in [5, 5.41) is 3.99. The molecule has 1 saturated carbocycles. The Labute approximate surface area is 160 Å². The molecule has 7 nitrogen and oxygen atoms in total. The second kappa shape index (κ2) is 7.98. The number of aromatic nitrogens is 2. The Morgan fingerprint density at radius 2 is 1.89 bits per heavy atom. The quantitative estimate of drug-likeness (QED) is 0.808. The van der Waals surface area contributed by atoms with Crippen molar-refractivity contribution < 1.29 is 14.1 Å². The standard InChI is InChI=1S/C20H30N4O3/c1-14-21-18(22-27-14)12-15-8-10-23(11-9-15)20(26)16-6-7-19(25)24(13-16)17-4-2-3-5-17/h15-17H,2-13H2,1H3/t16-/m0/s1. The Kier molecular flexibility index (Phi) is 5.45. The molecule has 0 unspecified atom stereocenters. The van der Waals surface area contributed by atoms with Gasteiger partial charge in [0, 0.05) is 45.4 Å². The first kappa shape index (κ1) is 18.4. The molecule has 7 heteroatoms. The Hall–Kier alpha value is -1.92. The summed E-state index contributed by atoms with van der Waals surface area (Å²) in [6, 6.07) is 0.372. The van der Waals surface area contributed by atoms with Crippen LogP contribution >= 0.6 is 0 Å². The second-order valence-electron chi connectivity index (χ2n) is 8.42. The maximum absolute atomic E-state index is 13.0. The molecular weight excluding hydrogens is 344 g/mol. The molecule has 2 amide bonds. The Bertz CT molecular complexity index is 675. The van der Waals surface area contributed by atoms with Crippen LogP contribution in [0, 0.1) is 18.8 Å². The summed E-state index contributed by atoms with van der Waals surface area (Å²) < 4.78 is 5.05. The van der Waals surface area contributed by atoms with Crippen LogP contribution in [0.5, 0.6) is 0 Å². The highest BCUT2D eigenvalue weighted by Crippen LogP contribution is 2.30. The number of likely N-dealkylation sites (tertiary alicyclic amines) is 2. The second-order valence-corrected chi connectivity index (χ2v) is 8.42. The number of carbonyl (C=O) groups excluding carboxylic acids is 2. The Morgan fingerprint density at radius 1 is 1.15 bits per heavy atom. The van der Waals surface area contributed by atoms with E-state index >= 15 is 0 Å². The average molecular weight is 374 g/mol. The first-order valence-electron chi connectivity index (χ1n) is 10.5. The fourth-order valence-electron chi connectivity index (χ4n) is 4.94. The van der Waals surface area contributed by atoms with Gasteiger partial charge in [0.05, 0.1) is 5.92 Å². The SMILES string of the molecule is Cc1nc(CC2CCN(C(=O)[C@H]3CCC(=O)N(C4CCCC4)C3)CC2)no1. The van der Waals surface area contributed by atoms with Crippen molar-refractivity contribution in [1.29, 1.82) is 0 Å². The van der Waals surface area contributed by atoms with Crippen molar-refractivity contribution in [3.8, 4) is 0 Å². The number of amides is 2. The van der Waals surface area contributed by atoms with E-state index in [1.165, 1.54) is 12.8 Å². The van der Waals surface area contributed by atoms with Crippen LogP contribution in [0.1, 0.15) is 63.1 Å². The normalized spacial score (nSPS) is 25.4. The molecule has 148 valence electrons. The van der Waals surface area contributed by atoms with Gasteiger partial charge in [-0.15, -0.1) is 0 Å². The number of carbonyl (C=O) groups is 2. The lowest BCUT2D eigenvalue weighted by Gasteiger charge is -2.39. The highest BCUT2D eigenvalue weighted by molar-refractivity contribution is 5.84. The van der Waals surface area contributed by atoms with Crippen LogP contribution in [-0.4, -0.2) is 57.4 Å². The molecule has 2 aliphatic heterocycles. The molecule has 0 radical (unpaired) electrons. The van der Waals surface area contributed by atoms with Crippen molar-refractivity contribution >= 4 is 11.8 Å². The first-order valence-corrected chi connectivity index (χ1v) is 10.5. The van der Waals surface area contributed by atoms with E-state index in [1.807, 2.05) is 16.7 Å². The molecule has 4 rings (SSSR count). The van der Waals surface area contributed by atoms with Gasteiger partial charge in [0.2, 0.25) is 17.7 Å². The van der Waals surface area contributed by atoms with Gasteiger partial charge < -0.3 is 14.3 Å². The summed E-state index contributed by atoms with van der Waals surface area (Å²) in [7, 11) is 0. The predicted octanol–water partition coefficient (Wildman–Crippen LogP) is 2.34. The average Bonchev–Trinajstić information content (AvgIpc) is 3.34. The monoisotopic (exact) mass is 374 g/mol. The number of nitrogens with zero attached hydrogens (tertiary/aromatic N) is 4. The van der Waals surface area contributed by atoms with Crippen molar-refractivity contribution in [1.82, 2.24) is 19.9 Å². The lowest BCUT2D eigenvalue weighted by atomic mass is 9.90. The molecule has 0 spiro atoms. The van der Waals surface area contributed by atoms with Crippen LogP contribution < -0.4 is 0 Å². The van der Waals surface area contributed by atoms with Gasteiger partial charge in [0.25, 0.3) is 0 Å². The first-order chi connectivity index (χ1) is 13.1. The molecule has 1 atom stereocenters. The van der Waals surface area contributed by atoms with Crippen LogP contribution in [0.2, 0.25) is 0 Å². The van der Waals surface area contributed by atoms with Gasteiger partial charge in [-0.3, -0.25) is 9.59 Å². The molecule has 3 fully saturated rings. The molecule has 3 heterocycles. The third-order valence-electron chi connectivity index (χ3n) is 6.53. The zero-order chi connectivity index (χ0) is 18.8. The summed E-state index contributed by atoms with van der Waals surface area (Å²) in [5.74, 6) is 2.37. The number of piperidine rings is 2. The highest BCUT2D eigenvalue weighted by Gasteiger charge is 2.37. The van der Waals surface area contributed by atoms with Gasteiger partial charge in [-0.2, -0.15) is 4.98 Å². The Morgan fingerprint density at radius 3 is 2.56 bits per heavy atom. The molecule has 1 aromatic heterocycles. The van der Waals surface area contributed by atoms with Gasteiger partial charge in [-0.25, -0.2) is 0 Å². The number of rotatable bonds is 4. The van der Waals surface area contributed by atoms with Gasteiger partial charge in [-0.1, -0.05) is 18.0 Å². The van der Waals surface area contributed by atoms with Crippen LogP contribution in [0.25, 0.3) is 0 Å². The van der Waals surface area contributed by atoms with E-state index in [-0.39, 0.29) is 17.7 Å². The van der Waals surface area contributed by atoms with Crippen LogP contribution in [-0.2, 0) is 16.0 Å². The third-order valence-corrected chi connectivity index (χ3v) is 6.53. The minimum absolute atomic E-state index is 0.0142. The summed E-state index contributed by atoms with van der Waals surface area (Å²) >= 11 is 0. The molecule has 2 saturated heterocycles. The van der Waals surface area contributed by atoms with Crippen molar-refractivity contribution in [3.63, 3.8) is 0 Å². The minimum atomic E-state index is -0.0142. The van der Waals surface area contributed by atoms with E-state index in [1.54, 1.807) is 0 Å². The maximum Gasteiger partial charge on any atom is 0.227 e. The summed E-state index contributed by atoms with van der Waals surface area (Å²) in [6.07, 6.45) is 8.66. The fourth-order valence-corrected chi connectivity index (χ4v) is 4.94. The molecule has 0 bridgehead atoms. The van der Waals surface area contributed by atoms with Gasteiger partial charge in [-0.05, 0) is 38.0 Å². The van der Waals surface area contributed by atoms with Gasteiger partial charge in [0.1, 0.15) is 0 Å². The van der Waals surface area contributed by atoms with Crippen LogP contribution in [0.15, 0.2) is 4.52 Å². The summed E-state index contributed by atoms with van der Waals surface area (Å²) in [5.41, 5.74) is 0. The van der Waals surface area contributed by atoms with E-state index in [4.69, 9.17) is 4.52 Å². The molecule has 0 aromatic carbocycles. The van der Waals surface area contributed by atoms with Crippen molar-refractivity contribution in [3.05, 3.63) is 11.7 Å². The van der Waals surface area contributed by atoms with E-state index in [0.717, 1.165) is 51.0 Å². The molecule has 1 aromatic rings. The Balaban J connectivity index is 1.29. The minimum Gasteiger partial charge on any atom is -0.342 e. The molecule has 0 N–H and O–H groups in total. The topological polar surface area (TPSA) is 79.5 Å². The number of hydrogen-bond acceptors (Lipinski definition) is 5. The van der Waals surface area contributed by atoms with E-state index < -0.39 is 0 Å². The molecule has 3 aliphatic rings. The van der Waals surface area contributed by atoms with Crippen molar-refractivity contribution in [2.24, 2.45) is 11.8 Å². The zero-order valence-corrected chi connectivity index (χ0v) is 16.2. The predicted molar refractivity (Wildman–Crippen MR) is 98.7 cm³/mol. The molecule has 1 aliphatic carbocycles. The van der Waals surface area contributed by atoms with Gasteiger partial charge >= 0.3 is 0 Å². The summed E-state index contributed by atoms with van der Waals surface area (Å²) in [6.45, 7) is 4.04. The summed E-state index contributed by atoms with van der Waals surface area (Å²) in [4.78, 5) is 33.7. The largest absolute Gasteiger partial charge is 0.342 e. The van der Waals surface area contributed by atoms with Crippen molar-refractivity contribution in [2.75, 3.05) is 19.6 Å². The highest BCUT2D eigenvalue weighted by atomic mass is 16.5. The van der Waals surface area contributed by atoms with Crippen LogP contribution in [0.3, 0.4) is 0 Å². The smallest absolute Gasteiger partial charge is 0.227 e. The van der Waals surface area contributed by atoms with Crippen LogP contribution in [0.4, 0.5) is 0 Å².